The minimum absolute atomic E-state index is 0. The van der Waals surface area contributed by atoms with Crippen LogP contribution in [0.3, 0.4) is 0 Å². The second-order valence-electron chi connectivity index (χ2n) is 5.79. The number of anilines is 1. The highest BCUT2D eigenvalue weighted by molar-refractivity contribution is 6.34. The van der Waals surface area contributed by atoms with Gasteiger partial charge in [-0.05, 0) is 29.8 Å². The Labute approximate surface area is 162 Å². The van der Waals surface area contributed by atoms with E-state index in [1.54, 1.807) is 6.33 Å². The van der Waals surface area contributed by atoms with Crippen molar-refractivity contribution >= 4 is 52.3 Å². The Kier molecular flexibility index (Phi) is 5.64. The summed E-state index contributed by atoms with van der Waals surface area (Å²) < 4.78 is 0. The lowest BCUT2D eigenvalue weighted by Crippen LogP contribution is -2.44. The molecule has 0 amide bonds. The van der Waals surface area contributed by atoms with Crippen molar-refractivity contribution in [2.24, 2.45) is 0 Å². The third kappa shape index (κ3) is 3.67. The van der Waals surface area contributed by atoms with Crippen molar-refractivity contribution in [3.63, 3.8) is 0 Å². The number of benzene rings is 2. The van der Waals surface area contributed by atoms with Gasteiger partial charge >= 0.3 is 0 Å². The van der Waals surface area contributed by atoms with Crippen LogP contribution in [-0.4, -0.2) is 36.1 Å². The zero-order valence-corrected chi connectivity index (χ0v) is 15.7. The SMILES string of the molecule is Cl.Clc1ccc(-c2cc3c(N4CCNCC4)ncnc3cc2Cl)cc1. The van der Waals surface area contributed by atoms with E-state index >= 15 is 0 Å². The predicted molar refractivity (Wildman–Crippen MR) is 107 cm³/mol. The maximum absolute atomic E-state index is 6.50. The molecule has 0 radical (unpaired) electrons. The molecule has 25 heavy (non-hydrogen) atoms. The van der Waals surface area contributed by atoms with Gasteiger partial charge in [0, 0.05) is 42.2 Å². The molecule has 0 spiro atoms. The molecule has 0 bridgehead atoms. The zero-order valence-electron chi connectivity index (χ0n) is 13.4. The van der Waals surface area contributed by atoms with E-state index < -0.39 is 0 Å². The van der Waals surface area contributed by atoms with Crippen molar-refractivity contribution in [1.82, 2.24) is 15.3 Å². The summed E-state index contributed by atoms with van der Waals surface area (Å²) in [5, 5.41) is 5.77. The van der Waals surface area contributed by atoms with Gasteiger partial charge in [-0.15, -0.1) is 12.4 Å². The van der Waals surface area contributed by atoms with E-state index in [-0.39, 0.29) is 12.4 Å². The monoisotopic (exact) mass is 394 g/mol. The lowest BCUT2D eigenvalue weighted by molar-refractivity contribution is 0.586. The Morgan fingerprint density at radius 1 is 0.960 bits per heavy atom. The minimum Gasteiger partial charge on any atom is -0.353 e. The summed E-state index contributed by atoms with van der Waals surface area (Å²) in [6, 6.07) is 11.7. The second-order valence-corrected chi connectivity index (χ2v) is 6.63. The zero-order chi connectivity index (χ0) is 16.5. The Morgan fingerprint density at radius 2 is 1.68 bits per heavy atom. The smallest absolute Gasteiger partial charge is 0.139 e. The molecule has 2 aromatic carbocycles. The lowest BCUT2D eigenvalue weighted by atomic mass is 10.0. The van der Waals surface area contributed by atoms with Crippen LogP contribution in [0.4, 0.5) is 5.82 Å². The third-order valence-corrected chi connectivity index (χ3v) is 4.84. The number of hydrogen-bond acceptors (Lipinski definition) is 4. The minimum atomic E-state index is 0. The summed E-state index contributed by atoms with van der Waals surface area (Å²) in [6.45, 7) is 3.79. The molecule has 7 heteroatoms. The number of rotatable bonds is 2. The highest BCUT2D eigenvalue weighted by Crippen LogP contribution is 2.35. The Balaban J connectivity index is 0.00000182. The highest BCUT2D eigenvalue weighted by Gasteiger charge is 2.17. The molecule has 1 N–H and O–H groups in total. The Morgan fingerprint density at radius 3 is 2.40 bits per heavy atom. The molecule has 4 rings (SSSR count). The van der Waals surface area contributed by atoms with Crippen molar-refractivity contribution in [3.05, 3.63) is 52.8 Å². The molecule has 0 saturated carbocycles. The lowest BCUT2D eigenvalue weighted by Gasteiger charge is -2.29. The fourth-order valence-electron chi connectivity index (χ4n) is 3.04. The maximum Gasteiger partial charge on any atom is 0.139 e. The van der Waals surface area contributed by atoms with Gasteiger partial charge in [0.1, 0.15) is 12.1 Å². The normalized spacial score (nSPS) is 14.4. The van der Waals surface area contributed by atoms with Crippen molar-refractivity contribution in [2.45, 2.75) is 0 Å². The number of halogens is 3. The molecule has 0 unspecified atom stereocenters. The molecular formula is C18H17Cl3N4. The topological polar surface area (TPSA) is 41.0 Å². The fraction of sp³-hybridized carbons (Fsp3) is 0.222. The Hall–Kier alpha value is -1.59. The largest absolute Gasteiger partial charge is 0.353 e. The number of nitrogens with one attached hydrogen (secondary N) is 1. The summed E-state index contributed by atoms with van der Waals surface area (Å²) in [5.74, 6) is 0.966. The quantitative estimate of drug-likeness (QED) is 0.696. The third-order valence-electron chi connectivity index (χ3n) is 4.27. The van der Waals surface area contributed by atoms with Crippen LogP contribution >= 0.6 is 35.6 Å². The average molecular weight is 396 g/mol. The van der Waals surface area contributed by atoms with Crippen LogP contribution in [0.2, 0.25) is 10.0 Å². The van der Waals surface area contributed by atoms with E-state index in [0.29, 0.717) is 10.0 Å². The highest BCUT2D eigenvalue weighted by atomic mass is 35.5. The number of hydrogen-bond donors (Lipinski definition) is 1. The number of fused-ring (bicyclic) bond motifs is 1. The molecule has 0 atom stereocenters. The fourth-order valence-corrected chi connectivity index (χ4v) is 3.44. The summed E-state index contributed by atoms with van der Waals surface area (Å²) in [7, 11) is 0. The first-order valence-corrected chi connectivity index (χ1v) is 8.64. The van der Waals surface area contributed by atoms with E-state index in [2.05, 4.69) is 26.3 Å². The summed E-state index contributed by atoms with van der Waals surface area (Å²) in [6.07, 6.45) is 1.61. The molecule has 1 saturated heterocycles. The molecular weight excluding hydrogens is 379 g/mol. The average Bonchev–Trinajstić information content (AvgIpc) is 2.62. The Bertz CT molecular complexity index is 877. The van der Waals surface area contributed by atoms with E-state index in [1.165, 1.54) is 0 Å². The van der Waals surface area contributed by atoms with Crippen LogP contribution < -0.4 is 10.2 Å². The summed E-state index contributed by atoms with van der Waals surface area (Å²) in [5.41, 5.74) is 2.86. The first-order valence-electron chi connectivity index (χ1n) is 7.88. The molecule has 130 valence electrons. The molecule has 1 fully saturated rings. The van der Waals surface area contributed by atoms with Crippen molar-refractivity contribution in [1.29, 1.82) is 0 Å². The summed E-state index contributed by atoms with van der Waals surface area (Å²) in [4.78, 5) is 11.2. The van der Waals surface area contributed by atoms with Crippen molar-refractivity contribution < 1.29 is 0 Å². The molecule has 1 aliphatic rings. The van der Waals surface area contributed by atoms with E-state index in [4.69, 9.17) is 23.2 Å². The van der Waals surface area contributed by atoms with Crippen molar-refractivity contribution in [3.8, 4) is 11.1 Å². The molecule has 3 aromatic rings. The van der Waals surface area contributed by atoms with Crippen LogP contribution in [0.25, 0.3) is 22.0 Å². The van der Waals surface area contributed by atoms with E-state index in [0.717, 1.165) is 54.0 Å². The van der Waals surface area contributed by atoms with Gasteiger partial charge in [0.25, 0.3) is 0 Å². The molecule has 1 aliphatic heterocycles. The van der Waals surface area contributed by atoms with Gasteiger partial charge in [0.05, 0.1) is 10.5 Å². The van der Waals surface area contributed by atoms with Gasteiger partial charge in [-0.3, -0.25) is 0 Å². The van der Waals surface area contributed by atoms with Gasteiger partial charge in [-0.1, -0.05) is 35.3 Å². The molecule has 0 aliphatic carbocycles. The van der Waals surface area contributed by atoms with Gasteiger partial charge in [-0.2, -0.15) is 0 Å². The van der Waals surface area contributed by atoms with Gasteiger partial charge in [-0.25, -0.2) is 9.97 Å². The van der Waals surface area contributed by atoms with Crippen molar-refractivity contribution in [2.75, 3.05) is 31.1 Å². The van der Waals surface area contributed by atoms with Crippen LogP contribution in [0.1, 0.15) is 0 Å². The van der Waals surface area contributed by atoms with Crippen LogP contribution in [0, 0.1) is 0 Å². The molecule has 2 heterocycles. The second kappa shape index (κ2) is 7.75. The van der Waals surface area contributed by atoms with Crippen LogP contribution in [0.15, 0.2) is 42.7 Å². The number of nitrogens with zero attached hydrogens (tertiary/aromatic N) is 3. The molecule has 4 nitrogen and oxygen atoms in total. The summed E-state index contributed by atoms with van der Waals surface area (Å²) >= 11 is 12.5. The van der Waals surface area contributed by atoms with Gasteiger partial charge in [0.2, 0.25) is 0 Å². The maximum atomic E-state index is 6.50. The van der Waals surface area contributed by atoms with Crippen LogP contribution in [0.5, 0.6) is 0 Å². The number of aromatic nitrogens is 2. The number of piperazine rings is 1. The van der Waals surface area contributed by atoms with Gasteiger partial charge in [0.15, 0.2) is 0 Å². The first-order chi connectivity index (χ1) is 11.7. The van der Waals surface area contributed by atoms with Crippen LogP contribution in [-0.2, 0) is 0 Å². The first kappa shape index (κ1) is 18.2. The predicted octanol–water partition coefficient (Wildman–Crippen LogP) is 4.44. The standard InChI is InChI=1S/C18H16Cl2N4.ClH/c19-13-3-1-12(2-4-13)14-9-15-17(10-16(14)20)22-11-23-18(15)24-7-5-21-6-8-24;/h1-4,9-11,21H,5-8H2;1H. The van der Waals surface area contributed by atoms with Gasteiger partial charge < -0.3 is 10.2 Å². The van der Waals surface area contributed by atoms with E-state index in [1.807, 2.05) is 30.3 Å². The molecule has 1 aromatic heterocycles. The van der Waals surface area contributed by atoms with E-state index in [9.17, 15) is 0 Å².